The van der Waals surface area contributed by atoms with Crippen LogP contribution in [-0.2, 0) is 19.5 Å². The van der Waals surface area contributed by atoms with Gasteiger partial charge in [-0.25, -0.2) is 18.0 Å². The molecule has 0 heterocycles. The predicted molar refractivity (Wildman–Crippen MR) is 167 cm³/mol. The number of anilines is 2. The molecule has 2 aromatic rings. The van der Waals surface area contributed by atoms with Gasteiger partial charge in [0, 0.05) is 0 Å². The highest BCUT2D eigenvalue weighted by atomic mass is 32.2. The lowest BCUT2D eigenvalue weighted by molar-refractivity contribution is 0.0599. The fourth-order valence-corrected chi connectivity index (χ4v) is 5.75. The minimum Gasteiger partial charge on any atom is -0.491 e. The number of nitrogen functional groups attached to an aromatic ring is 1. The second kappa shape index (κ2) is 19.0. The van der Waals surface area contributed by atoms with Crippen molar-refractivity contribution in [2.24, 2.45) is 0 Å². The van der Waals surface area contributed by atoms with Crippen LogP contribution in [0.25, 0.3) is 0 Å². The second-order valence-corrected chi connectivity index (χ2v) is 12.2. The highest BCUT2D eigenvalue weighted by Gasteiger charge is 2.20. The molecule has 0 saturated heterocycles. The van der Waals surface area contributed by atoms with Crippen LogP contribution in [0.2, 0.25) is 0 Å². The van der Waals surface area contributed by atoms with E-state index in [4.69, 9.17) is 19.9 Å². The summed E-state index contributed by atoms with van der Waals surface area (Å²) in [7, 11) is -1.72. The van der Waals surface area contributed by atoms with Gasteiger partial charge < -0.3 is 19.9 Å². The largest absolute Gasteiger partial charge is 0.491 e. The van der Waals surface area contributed by atoms with Gasteiger partial charge in [-0.15, -0.1) is 0 Å². The summed E-state index contributed by atoms with van der Waals surface area (Å²) in [5, 5.41) is 0. The third kappa shape index (κ3) is 12.3. The summed E-state index contributed by atoms with van der Waals surface area (Å²) in [5.41, 5.74) is 6.27. The van der Waals surface area contributed by atoms with Gasteiger partial charge in [-0.2, -0.15) is 0 Å². The Morgan fingerprint density at radius 1 is 0.714 bits per heavy atom. The molecule has 9 nitrogen and oxygen atoms in total. The summed E-state index contributed by atoms with van der Waals surface area (Å²) >= 11 is 0. The molecule has 0 aromatic heterocycles. The average Bonchev–Trinajstić information content (AvgIpc) is 2.98. The van der Waals surface area contributed by atoms with Crippen LogP contribution in [0.15, 0.2) is 41.3 Å². The number of unbranched alkanes of at least 4 members (excludes halogenated alkanes) is 13. The Morgan fingerprint density at radius 3 is 1.64 bits per heavy atom. The maximum absolute atomic E-state index is 13.0. The summed E-state index contributed by atoms with van der Waals surface area (Å²) in [6.45, 7) is 2.76. The third-order valence-corrected chi connectivity index (χ3v) is 8.45. The molecule has 0 radical (unpaired) electrons. The number of carbonyl (C=O) groups is 2. The lowest BCUT2D eigenvalue weighted by Gasteiger charge is -2.13. The first kappa shape index (κ1) is 34.9. The fourth-order valence-electron chi connectivity index (χ4n) is 4.68. The van der Waals surface area contributed by atoms with Crippen LogP contribution in [0.5, 0.6) is 5.75 Å². The van der Waals surface area contributed by atoms with Crippen molar-refractivity contribution in [3.8, 4) is 5.75 Å². The normalized spacial score (nSPS) is 11.2. The van der Waals surface area contributed by atoms with E-state index in [1.807, 2.05) is 0 Å². The van der Waals surface area contributed by atoms with E-state index in [0.717, 1.165) is 12.8 Å². The number of methoxy groups -OCH3 is 2. The number of sulfonamides is 1. The third-order valence-electron chi connectivity index (χ3n) is 7.07. The van der Waals surface area contributed by atoms with Gasteiger partial charge in [0.15, 0.2) is 0 Å². The second-order valence-electron chi connectivity index (χ2n) is 10.5. The van der Waals surface area contributed by atoms with Crippen LogP contribution < -0.4 is 15.2 Å². The molecule has 0 spiro atoms. The Hall–Kier alpha value is -3.27. The van der Waals surface area contributed by atoms with Crippen LogP contribution in [0.3, 0.4) is 0 Å². The first-order valence-electron chi connectivity index (χ1n) is 15.1. The van der Waals surface area contributed by atoms with Crippen LogP contribution in [-0.4, -0.2) is 41.2 Å². The molecule has 0 bridgehead atoms. The highest BCUT2D eigenvalue weighted by Crippen LogP contribution is 2.27. The molecule has 0 aliphatic heterocycles. The number of rotatable bonds is 21. The number of ether oxygens (including phenoxy) is 3. The lowest BCUT2D eigenvalue weighted by atomic mass is 10.0. The number of hydrogen-bond acceptors (Lipinski definition) is 8. The number of nitrogens with two attached hydrogens (primary N) is 1. The van der Waals surface area contributed by atoms with Gasteiger partial charge in [-0.05, 0) is 42.8 Å². The lowest BCUT2D eigenvalue weighted by Crippen LogP contribution is -2.15. The molecule has 0 aliphatic rings. The molecular weight excluding hydrogens is 556 g/mol. The van der Waals surface area contributed by atoms with Gasteiger partial charge in [-0.3, -0.25) is 4.72 Å². The number of hydrogen-bond donors (Lipinski definition) is 2. The maximum Gasteiger partial charge on any atom is 0.337 e. The Kier molecular flexibility index (Phi) is 15.8. The first-order valence-corrected chi connectivity index (χ1v) is 16.6. The summed E-state index contributed by atoms with van der Waals surface area (Å²) in [6.07, 6.45) is 17.9. The number of carbonyl (C=O) groups excluding carboxylic acids is 2. The average molecular weight is 605 g/mol. The molecular formula is C32H48N2O7S. The highest BCUT2D eigenvalue weighted by molar-refractivity contribution is 7.92. The van der Waals surface area contributed by atoms with Gasteiger partial charge in [0.25, 0.3) is 10.0 Å². The summed E-state index contributed by atoms with van der Waals surface area (Å²) in [4.78, 5) is 23.9. The van der Waals surface area contributed by atoms with Crippen molar-refractivity contribution >= 4 is 33.3 Å². The molecule has 0 amide bonds. The molecule has 0 fully saturated rings. The molecule has 42 heavy (non-hydrogen) atoms. The maximum atomic E-state index is 13.0. The van der Waals surface area contributed by atoms with E-state index < -0.39 is 22.0 Å². The van der Waals surface area contributed by atoms with Crippen LogP contribution in [0.4, 0.5) is 11.4 Å². The van der Waals surface area contributed by atoms with Crippen molar-refractivity contribution in [2.75, 3.05) is 31.3 Å². The molecule has 10 heteroatoms. The molecule has 0 aliphatic carbocycles. The summed E-state index contributed by atoms with van der Waals surface area (Å²) in [6, 6.07) is 8.04. The molecule has 0 unspecified atom stereocenters. The number of benzene rings is 2. The Balaban J connectivity index is 1.77. The van der Waals surface area contributed by atoms with E-state index in [1.165, 1.54) is 128 Å². The van der Waals surface area contributed by atoms with E-state index >= 15 is 0 Å². The van der Waals surface area contributed by atoms with Gasteiger partial charge in [0.05, 0.1) is 48.2 Å². The quantitative estimate of drug-likeness (QED) is 0.0850. The number of esters is 2. The standard InChI is InChI=1S/C32H48N2O7S/c1-4-5-6-7-8-9-10-11-12-13-14-15-16-17-20-41-30-19-18-28(24-29(30)33)42(37,38)34-27-22-25(31(35)39-2)21-26(23-27)32(36)40-3/h18-19,21-24,34H,4-17,20,33H2,1-3H3. The van der Waals surface area contributed by atoms with E-state index in [-0.39, 0.29) is 27.4 Å². The zero-order chi connectivity index (χ0) is 30.8. The van der Waals surface area contributed by atoms with Crippen molar-refractivity contribution in [1.82, 2.24) is 0 Å². The molecule has 234 valence electrons. The predicted octanol–water partition coefficient (Wildman–Crippen LogP) is 7.50. The Morgan fingerprint density at radius 2 is 1.19 bits per heavy atom. The van der Waals surface area contributed by atoms with E-state index in [0.29, 0.717) is 12.4 Å². The van der Waals surface area contributed by atoms with E-state index in [9.17, 15) is 18.0 Å². The minimum absolute atomic E-state index is 0.00463. The van der Waals surface area contributed by atoms with E-state index in [1.54, 1.807) is 0 Å². The zero-order valence-corrected chi connectivity index (χ0v) is 26.2. The summed E-state index contributed by atoms with van der Waals surface area (Å²) < 4.78 is 43.6. The van der Waals surface area contributed by atoms with Crippen molar-refractivity contribution < 1.29 is 32.2 Å². The van der Waals surface area contributed by atoms with Crippen LogP contribution >= 0.6 is 0 Å². The van der Waals surface area contributed by atoms with Gasteiger partial charge in [0.1, 0.15) is 5.75 Å². The van der Waals surface area contributed by atoms with E-state index in [2.05, 4.69) is 11.6 Å². The first-order chi connectivity index (χ1) is 20.2. The van der Waals surface area contributed by atoms with Crippen LogP contribution in [0.1, 0.15) is 118 Å². The monoisotopic (exact) mass is 604 g/mol. The zero-order valence-electron chi connectivity index (χ0n) is 25.4. The van der Waals surface area contributed by atoms with Gasteiger partial charge >= 0.3 is 11.9 Å². The molecule has 0 atom stereocenters. The fraction of sp³-hybridized carbons (Fsp3) is 0.562. The van der Waals surface area contributed by atoms with Gasteiger partial charge in [-0.1, -0.05) is 90.4 Å². The smallest absolute Gasteiger partial charge is 0.337 e. The Bertz CT molecular complexity index is 1200. The molecule has 0 saturated carbocycles. The Labute approximate surface area is 251 Å². The van der Waals surface area contributed by atoms with Crippen molar-refractivity contribution in [2.45, 2.75) is 102 Å². The molecule has 3 N–H and O–H groups in total. The summed E-state index contributed by atoms with van der Waals surface area (Å²) in [5.74, 6) is -1.04. The topological polar surface area (TPSA) is 134 Å². The molecule has 2 aromatic carbocycles. The van der Waals surface area contributed by atoms with Crippen molar-refractivity contribution in [3.63, 3.8) is 0 Å². The number of nitrogens with one attached hydrogen (secondary N) is 1. The van der Waals surface area contributed by atoms with Crippen LogP contribution in [0, 0.1) is 0 Å². The minimum atomic E-state index is -4.09. The SMILES string of the molecule is CCCCCCCCCCCCCCCCOc1ccc(S(=O)(=O)Nc2cc(C(=O)OC)cc(C(=O)OC)c2)cc1N. The van der Waals surface area contributed by atoms with Crippen molar-refractivity contribution in [3.05, 3.63) is 47.5 Å². The van der Waals surface area contributed by atoms with Gasteiger partial charge in [0.2, 0.25) is 0 Å². The molecule has 2 rings (SSSR count). The van der Waals surface area contributed by atoms with Crippen molar-refractivity contribution in [1.29, 1.82) is 0 Å².